The van der Waals surface area contributed by atoms with E-state index in [1.54, 1.807) is 6.08 Å². The van der Waals surface area contributed by atoms with Gasteiger partial charge >= 0.3 is 5.97 Å². The molecule has 1 atom stereocenters. The van der Waals surface area contributed by atoms with Gasteiger partial charge in [-0.15, -0.1) is 0 Å². The van der Waals surface area contributed by atoms with E-state index < -0.39 is 12.5 Å². The molecular weight excluding hydrogens is 478 g/mol. The van der Waals surface area contributed by atoms with E-state index in [0.717, 1.165) is 45.6 Å². The van der Waals surface area contributed by atoms with Crippen LogP contribution in [0, 0.1) is 0 Å². The number of thioether (sulfide) groups is 1. The third-order valence-corrected chi connectivity index (χ3v) is 7.20. The van der Waals surface area contributed by atoms with E-state index in [-0.39, 0.29) is 16.3 Å². The number of anilines is 1. The summed E-state index contributed by atoms with van der Waals surface area (Å²) in [6.45, 7) is -0.432. The van der Waals surface area contributed by atoms with Crippen LogP contribution in [0.2, 0.25) is 0 Å². The molecule has 8 heteroatoms. The zero-order valence-corrected chi connectivity index (χ0v) is 20.2. The lowest BCUT2D eigenvalue weighted by molar-refractivity contribution is -0.140. The summed E-state index contributed by atoms with van der Waals surface area (Å²) in [6.07, 6.45) is 2.53. The van der Waals surface area contributed by atoms with Crippen LogP contribution < -0.4 is 5.01 Å². The fourth-order valence-electron chi connectivity index (χ4n) is 4.13. The Morgan fingerprint density at radius 1 is 1.03 bits per heavy atom. The fourth-order valence-corrected chi connectivity index (χ4v) is 5.39. The number of carbonyl (C=O) groups excluding carboxylic acids is 1. The molecule has 0 aromatic heterocycles. The maximum absolute atomic E-state index is 12.6. The summed E-state index contributed by atoms with van der Waals surface area (Å²) in [6, 6.07) is 28.4. The Labute approximate surface area is 212 Å². The molecule has 0 saturated carbocycles. The number of aliphatic carboxylic acids is 1. The average Bonchev–Trinajstić information content (AvgIpc) is 3.43. The standard InChI is InChI=1S/C27H21N3O3S2/c31-25(32)17-29-26(33)24(35-27(29)34)15-18-11-13-21(14-12-18)30-23(20-9-5-2-6-10-20)16-22(28-30)19-7-3-1-4-8-19/h1-15,23H,16-17H2,(H,31,32). The van der Waals surface area contributed by atoms with E-state index in [4.69, 9.17) is 22.4 Å². The van der Waals surface area contributed by atoms with Crippen molar-refractivity contribution in [3.8, 4) is 0 Å². The lowest BCUT2D eigenvalue weighted by Gasteiger charge is -2.24. The summed E-state index contributed by atoms with van der Waals surface area (Å²) in [5.74, 6) is -1.48. The van der Waals surface area contributed by atoms with Crippen LogP contribution in [-0.2, 0) is 9.59 Å². The van der Waals surface area contributed by atoms with E-state index in [9.17, 15) is 9.59 Å². The molecule has 2 aliphatic rings. The number of nitrogens with zero attached hydrogens (tertiary/aromatic N) is 3. The van der Waals surface area contributed by atoms with Crippen molar-refractivity contribution < 1.29 is 14.7 Å². The Morgan fingerprint density at radius 3 is 2.34 bits per heavy atom. The van der Waals surface area contributed by atoms with Gasteiger partial charge in [-0.2, -0.15) is 5.10 Å². The van der Waals surface area contributed by atoms with Crippen LogP contribution in [-0.4, -0.2) is 38.5 Å². The third kappa shape index (κ3) is 4.89. The van der Waals surface area contributed by atoms with Crippen molar-refractivity contribution in [2.45, 2.75) is 12.5 Å². The second-order valence-corrected chi connectivity index (χ2v) is 9.82. The number of benzene rings is 3. The molecule has 5 rings (SSSR count). The summed E-state index contributed by atoms with van der Waals surface area (Å²) in [7, 11) is 0. The lowest BCUT2D eigenvalue weighted by atomic mass is 9.98. The lowest BCUT2D eigenvalue weighted by Crippen LogP contribution is -2.33. The number of hydrazone groups is 1. The molecule has 0 radical (unpaired) electrons. The van der Waals surface area contributed by atoms with E-state index in [2.05, 4.69) is 24.3 Å². The molecular formula is C27H21N3O3S2. The van der Waals surface area contributed by atoms with Gasteiger partial charge in [0.15, 0.2) is 0 Å². The Morgan fingerprint density at radius 2 is 1.69 bits per heavy atom. The number of carboxylic acid groups (broad SMARTS) is 1. The highest BCUT2D eigenvalue weighted by atomic mass is 32.2. The van der Waals surface area contributed by atoms with Gasteiger partial charge in [0.05, 0.1) is 22.3 Å². The van der Waals surface area contributed by atoms with Gasteiger partial charge in [-0.1, -0.05) is 96.8 Å². The van der Waals surface area contributed by atoms with Crippen molar-refractivity contribution in [3.63, 3.8) is 0 Å². The predicted molar refractivity (Wildman–Crippen MR) is 143 cm³/mol. The maximum atomic E-state index is 12.6. The van der Waals surface area contributed by atoms with Crippen LogP contribution >= 0.6 is 24.0 Å². The summed E-state index contributed by atoms with van der Waals surface area (Å²) in [4.78, 5) is 25.1. The molecule has 1 N–H and O–H groups in total. The van der Waals surface area contributed by atoms with Crippen molar-refractivity contribution >= 4 is 57.7 Å². The molecule has 3 aromatic rings. The van der Waals surface area contributed by atoms with Gasteiger partial charge in [0.25, 0.3) is 5.91 Å². The summed E-state index contributed by atoms with van der Waals surface area (Å²) < 4.78 is 0.255. The molecule has 0 spiro atoms. The molecule has 1 unspecified atom stereocenters. The van der Waals surface area contributed by atoms with Crippen LogP contribution in [0.1, 0.15) is 29.2 Å². The monoisotopic (exact) mass is 499 g/mol. The normalized spacial score (nSPS) is 18.9. The smallest absolute Gasteiger partial charge is 0.323 e. The molecule has 174 valence electrons. The first kappa shape index (κ1) is 23.0. The van der Waals surface area contributed by atoms with Crippen molar-refractivity contribution in [1.82, 2.24) is 4.90 Å². The maximum Gasteiger partial charge on any atom is 0.323 e. The minimum absolute atomic E-state index is 0.0736. The summed E-state index contributed by atoms with van der Waals surface area (Å²) >= 11 is 6.29. The first-order valence-electron chi connectivity index (χ1n) is 11.0. The number of hydrogen-bond donors (Lipinski definition) is 1. The van der Waals surface area contributed by atoms with E-state index in [1.807, 2.05) is 65.7 Å². The first-order valence-corrected chi connectivity index (χ1v) is 12.3. The molecule has 1 fully saturated rings. The average molecular weight is 500 g/mol. The fraction of sp³-hybridized carbons (Fsp3) is 0.111. The summed E-state index contributed by atoms with van der Waals surface area (Å²) in [5.41, 5.74) is 5.10. The SMILES string of the molecule is O=C(O)CN1C(=O)C(=Cc2ccc(N3N=C(c4ccccc4)CC3c3ccccc3)cc2)SC1=S. The van der Waals surface area contributed by atoms with Crippen molar-refractivity contribution in [2.75, 3.05) is 11.6 Å². The van der Waals surface area contributed by atoms with Crippen LogP contribution in [0.25, 0.3) is 6.08 Å². The van der Waals surface area contributed by atoms with Gasteiger partial charge in [0, 0.05) is 6.42 Å². The van der Waals surface area contributed by atoms with Crippen LogP contribution in [0.3, 0.4) is 0 Å². The molecule has 3 aromatic carbocycles. The van der Waals surface area contributed by atoms with Crippen LogP contribution in [0.15, 0.2) is 94.9 Å². The number of hydrogen-bond acceptors (Lipinski definition) is 6. The van der Waals surface area contributed by atoms with Gasteiger partial charge in [-0.25, -0.2) is 0 Å². The molecule has 2 aliphatic heterocycles. The van der Waals surface area contributed by atoms with Crippen molar-refractivity contribution in [1.29, 1.82) is 0 Å². The molecule has 1 saturated heterocycles. The van der Waals surface area contributed by atoms with Crippen molar-refractivity contribution in [3.05, 3.63) is 107 Å². The molecule has 2 heterocycles. The highest BCUT2D eigenvalue weighted by molar-refractivity contribution is 8.26. The molecule has 0 aliphatic carbocycles. The van der Waals surface area contributed by atoms with E-state index >= 15 is 0 Å². The molecule has 0 bridgehead atoms. The Bertz CT molecular complexity index is 1340. The topological polar surface area (TPSA) is 73.2 Å². The van der Waals surface area contributed by atoms with Gasteiger partial charge in [-0.05, 0) is 34.9 Å². The molecule has 35 heavy (non-hydrogen) atoms. The van der Waals surface area contributed by atoms with Crippen LogP contribution in [0.4, 0.5) is 5.69 Å². The van der Waals surface area contributed by atoms with Crippen molar-refractivity contribution in [2.24, 2.45) is 5.10 Å². The minimum atomic E-state index is -1.10. The third-order valence-electron chi connectivity index (χ3n) is 5.82. The number of carboxylic acids is 1. The summed E-state index contributed by atoms with van der Waals surface area (Å²) in [5, 5.41) is 16.0. The van der Waals surface area contributed by atoms with E-state index in [0.29, 0.717) is 4.91 Å². The Hall–Kier alpha value is -3.75. The van der Waals surface area contributed by atoms with Gasteiger partial charge in [-0.3, -0.25) is 19.5 Å². The number of rotatable bonds is 6. The zero-order chi connectivity index (χ0) is 24.4. The highest BCUT2D eigenvalue weighted by Crippen LogP contribution is 2.37. The zero-order valence-electron chi connectivity index (χ0n) is 18.6. The number of amides is 1. The first-order chi connectivity index (χ1) is 17.0. The Balaban J connectivity index is 1.42. The largest absolute Gasteiger partial charge is 0.480 e. The van der Waals surface area contributed by atoms with Gasteiger partial charge in [0.2, 0.25) is 0 Å². The highest BCUT2D eigenvalue weighted by Gasteiger charge is 2.33. The van der Waals surface area contributed by atoms with Gasteiger partial charge < -0.3 is 5.11 Å². The van der Waals surface area contributed by atoms with Gasteiger partial charge in [0.1, 0.15) is 10.9 Å². The number of thiocarbonyl (C=S) groups is 1. The molecule has 6 nitrogen and oxygen atoms in total. The predicted octanol–water partition coefficient (Wildman–Crippen LogP) is 5.33. The second kappa shape index (κ2) is 9.85. The van der Waals surface area contributed by atoms with E-state index in [1.165, 1.54) is 5.56 Å². The second-order valence-electron chi connectivity index (χ2n) is 8.14. The Kier molecular flexibility index (Phi) is 6.48. The molecule has 1 amide bonds. The number of carbonyl (C=O) groups is 2. The van der Waals surface area contributed by atoms with Crippen LogP contribution in [0.5, 0.6) is 0 Å². The quantitative estimate of drug-likeness (QED) is 0.365. The minimum Gasteiger partial charge on any atom is -0.480 e.